The van der Waals surface area contributed by atoms with Crippen molar-refractivity contribution in [1.82, 2.24) is 4.98 Å². The SMILES string of the molecule is N=C(Cl)c1cc(Cl)nc2ccc(Cl)cc12. The Labute approximate surface area is 101 Å². The smallest absolute Gasteiger partial charge is 0.130 e. The Morgan fingerprint density at radius 1 is 1.20 bits per heavy atom. The number of hydrogen-bond donors (Lipinski definition) is 1. The lowest BCUT2D eigenvalue weighted by Gasteiger charge is -2.04. The second-order valence-electron chi connectivity index (χ2n) is 2.97. The van der Waals surface area contributed by atoms with Gasteiger partial charge in [-0.3, -0.25) is 5.41 Å². The van der Waals surface area contributed by atoms with Crippen molar-refractivity contribution in [3.63, 3.8) is 0 Å². The quantitative estimate of drug-likeness (QED) is 0.607. The van der Waals surface area contributed by atoms with Crippen LogP contribution < -0.4 is 0 Å². The molecule has 0 bridgehead atoms. The van der Waals surface area contributed by atoms with Gasteiger partial charge in [-0.2, -0.15) is 0 Å². The summed E-state index contributed by atoms with van der Waals surface area (Å²) >= 11 is 17.3. The van der Waals surface area contributed by atoms with Crippen LogP contribution in [0.5, 0.6) is 0 Å². The highest BCUT2D eigenvalue weighted by Crippen LogP contribution is 2.25. The van der Waals surface area contributed by atoms with Gasteiger partial charge in [0.2, 0.25) is 0 Å². The lowest BCUT2D eigenvalue weighted by molar-refractivity contribution is 1.40. The van der Waals surface area contributed by atoms with Crippen molar-refractivity contribution >= 4 is 50.9 Å². The molecule has 0 aliphatic carbocycles. The molecule has 0 unspecified atom stereocenters. The summed E-state index contributed by atoms with van der Waals surface area (Å²) in [4.78, 5) is 4.11. The van der Waals surface area contributed by atoms with Crippen LogP contribution >= 0.6 is 34.8 Å². The molecule has 0 radical (unpaired) electrons. The summed E-state index contributed by atoms with van der Waals surface area (Å²) < 4.78 is 0. The van der Waals surface area contributed by atoms with Gasteiger partial charge < -0.3 is 0 Å². The van der Waals surface area contributed by atoms with Crippen LogP contribution in [0.25, 0.3) is 10.9 Å². The Morgan fingerprint density at radius 3 is 2.60 bits per heavy atom. The summed E-state index contributed by atoms with van der Waals surface area (Å²) in [6, 6.07) is 6.73. The van der Waals surface area contributed by atoms with Gasteiger partial charge in [0.05, 0.1) is 5.52 Å². The standard InChI is InChI=1S/C10H5Cl3N2/c11-5-1-2-8-6(3-5)7(10(13)14)4-9(12)15-8/h1-4,14H. The highest BCUT2D eigenvalue weighted by Gasteiger charge is 2.08. The van der Waals surface area contributed by atoms with E-state index in [0.717, 1.165) is 5.39 Å². The van der Waals surface area contributed by atoms with Crippen LogP contribution in [-0.2, 0) is 0 Å². The van der Waals surface area contributed by atoms with Gasteiger partial charge in [0.1, 0.15) is 10.3 Å². The molecule has 1 heterocycles. The number of rotatable bonds is 1. The van der Waals surface area contributed by atoms with E-state index in [1.54, 1.807) is 24.3 Å². The van der Waals surface area contributed by atoms with Gasteiger partial charge in [-0.25, -0.2) is 4.98 Å². The van der Waals surface area contributed by atoms with Gasteiger partial charge in [0.25, 0.3) is 0 Å². The van der Waals surface area contributed by atoms with E-state index in [9.17, 15) is 0 Å². The van der Waals surface area contributed by atoms with Crippen molar-refractivity contribution in [2.75, 3.05) is 0 Å². The first-order valence-electron chi connectivity index (χ1n) is 4.08. The zero-order valence-corrected chi connectivity index (χ0v) is 9.66. The van der Waals surface area contributed by atoms with E-state index in [-0.39, 0.29) is 5.17 Å². The van der Waals surface area contributed by atoms with Crippen LogP contribution in [0.4, 0.5) is 0 Å². The minimum absolute atomic E-state index is 0.0773. The summed E-state index contributed by atoms with van der Waals surface area (Å²) in [5, 5.41) is 8.96. The maximum atomic E-state index is 7.42. The van der Waals surface area contributed by atoms with Gasteiger partial charge >= 0.3 is 0 Å². The van der Waals surface area contributed by atoms with Gasteiger partial charge in [-0.05, 0) is 24.3 Å². The molecule has 0 saturated heterocycles. The fraction of sp³-hybridized carbons (Fsp3) is 0. The largest absolute Gasteiger partial charge is 0.289 e. The molecular weight excluding hydrogens is 254 g/mol. The van der Waals surface area contributed by atoms with E-state index in [0.29, 0.717) is 21.3 Å². The predicted octanol–water partition coefficient (Wildman–Crippen LogP) is 4.11. The van der Waals surface area contributed by atoms with Gasteiger partial charge in [-0.1, -0.05) is 34.8 Å². The predicted molar refractivity (Wildman–Crippen MR) is 64.4 cm³/mol. The molecular formula is C10H5Cl3N2. The van der Waals surface area contributed by atoms with Crippen LogP contribution in [0, 0.1) is 5.41 Å². The first kappa shape index (κ1) is 10.7. The third-order valence-electron chi connectivity index (χ3n) is 1.98. The van der Waals surface area contributed by atoms with Crippen LogP contribution in [0.15, 0.2) is 24.3 Å². The summed E-state index contributed by atoms with van der Waals surface area (Å²) in [6.45, 7) is 0. The molecule has 0 atom stereocenters. The second-order valence-corrected chi connectivity index (χ2v) is 4.17. The fourth-order valence-electron chi connectivity index (χ4n) is 1.35. The molecule has 0 fully saturated rings. The molecule has 5 heteroatoms. The Bertz CT molecular complexity index is 552. The maximum absolute atomic E-state index is 7.42. The zero-order chi connectivity index (χ0) is 11.0. The Morgan fingerprint density at radius 2 is 1.93 bits per heavy atom. The summed E-state index contributed by atoms with van der Waals surface area (Å²) in [6.07, 6.45) is 0. The van der Waals surface area contributed by atoms with Crippen molar-refractivity contribution in [3.05, 3.63) is 40.0 Å². The molecule has 76 valence electrons. The lowest BCUT2D eigenvalue weighted by atomic mass is 10.1. The number of pyridine rings is 1. The molecule has 1 N–H and O–H groups in total. The third-order valence-corrected chi connectivity index (χ3v) is 2.61. The van der Waals surface area contributed by atoms with Crippen molar-refractivity contribution in [3.8, 4) is 0 Å². The molecule has 1 aromatic carbocycles. The van der Waals surface area contributed by atoms with E-state index < -0.39 is 0 Å². The first-order chi connectivity index (χ1) is 7.08. The van der Waals surface area contributed by atoms with Crippen LogP contribution in [0.1, 0.15) is 5.56 Å². The number of benzene rings is 1. The lowest BCUT2D eigenvalue weighted by Crippen LogP contribution is -1.93. The van der Waals surface area contributed by atoms with E-state index in [2.05, 4.69) is 4.98 Å². The van der Waals surface area contributed by atoms with E-state index >= 15 is 0 Å². The minimum atomic E-state index is -0.0773. The molecule has 0 aliphatic rings. The van der Waals surface area contributed by atoms with Crippen molar-refractivity contribution < 1.29 is 0 Å². The van der Waals surface area contributed by atoms with Crippen LogP contribution in [-0.4, -0.2) is 10.2 Å². The summed E-state index contributed by atoms with van der Waals surface area (Å²) in [5.74, 6) is 0. The topological polar surface area (TPSA) is 36.7 Å². The first-order valence-corrected chi connectivity index (χ1v) is 5.21. The molecule has 15 heavy (non-hydrogen) atoms. The monoisotopic (exact) mass is 258 g/mol. The van der Waals surface area contributed by atoms with E-state index in [1.165, 1.54) is 0 Å². The average Bonchev–Trinajstić information content (AvgIpc) is 2.17. The van der Waals surface area contributed by atoms with Crippen LogP contribution in [0.3, 0.4) is 0 Å². The normalized spacial score (nSPS) is 10.6. The molecule has 0 amide bonds. The average molecular weight is 260 g/mol. The van der Waals surface area contributed by atoms with Crippen molar-refractivity contribution in [1.29, 1.82) is 5.41 Å². The Balaban J connectivity index is 2.87. The minimum Gasteiger partial charge on any atom is -0.289 e. The Hall–Kier alpha value is -0.830. The van der Waals surface area contributed by atoms with Gasteiger partial charge in [-0.15, -0.1) is 0 Å². The molecule has 0 aliphatic heterocycles. The second kappa shape index (κ2) is 3.97. The molecule has 0 saturated carbocycles. The van der Waals surface area contributed by atoms with E-state index in [4.69, 9.17) is 40.2 Å². The van der Waals surface area contributed by atoms with Gasteiger partial charge in [0, 0.05) is 16.0 Å². The number of aromatic nitrogens is 1. The Kier molecular flexibility index (Phi) is 2.83. The zero-order valence-electron chi connectivity index (χ0n) is 7.39. The highest BCUT2D eigenvalue weighted by atomic mass is 35.5. The van der Waals surface area contributed by atoms with Crippen molar-refractivity contribution in [2.45, 2.75) is 0 Å². The van der Waals surface area contributed by atoms with Crippen LogP contribution in [0.2, 0.25) is 10.2 Å². The fourth-order valence-corrected chi connectivity index (χ4v) is 1.88. The number of nitrogens with zero attached hydrogens (tertiary/aromatic N) is 1. The van der Waals surface area contributed by atoms with Crippen molar-refractivity contribution in [2.24, 2.45) is 0 Å². The summed E-state index contributed by atoms with van der Waals surface area (Å²) in [5.41, 5.74) is 1.21. The molecule has 1 aromatic heterocycles. The number of fused-ring (bicyclic) bond motifs is 1. The number of hydrogen-bond acceptors (Lipinski definition) is 2. The highest BCUT2D eigenvalue weighted by molar-refractivity contribution is 6.69. The molecule has 2 rings (SSSR count). The van der Waals surface area contributed by atoms with Gasteiger partial charge in [0.15, 0.2) is 0 Å². The molecule has 0 spiro atoms. The number of nitrogens with one attached hydrogen (secondary N) is 1. The maximum Gasteiger partial charge on any atom is 0.130 e. The summed E-state index contributed by atoms with van der Waals surface area (Å²) in [7, 11) is 0. The molecule has 2 nitrogen and oxygen atoms in total. The number of halogens is 3. The molecule has 2 aromatic rings. The third kappa shape index (κ3) is 2.07. The van der Waals surface area contributed by atoms with E-state index in [1.807, 2.05) is 0 Å².